The summed E-state index contributed by atoms with van der Waals surface area (Å²) in [6.07, 6.45) is 9.46. The molecule has 0 N–H and O–H groups in total. The minimum Gasteiger partial charge on any atom is -0.474 e. The molecule has 6 nitrogen and oxygen atoms in total. The Balaban J connectivity index is 1.54. The summed E-state index contributed by atoms with van der Waals surface area (Å²) in [6.45, 7) is 1.10. The van der Waals surface area contributed by atoms with Crippen molar-refractivity contribution in [2.24, 2.45) is 0 Å². The maximum atomic E-state index is 12.7. The van der Waals surface area contributed by atoms with Gasteiger partial charge in [0.05, 0.1) is 5.25 Å². The third kappa shape index (κ3) is 3.57. The molecule has 0 radical (unpaired) electrons. The third-order valence-corrected chi connectivity index (χ3v) is 6.98. The normalized spacial score (nSPS) is 22.5. The molecule has 7 heteroatoms. The summed E-state index contributed by atoms with van der Waals surface area (Å²) in [5.41, 5.74) is 0. The zero-order valence-electron chi connectivity index (χ0n) is 12.7. The molecule has 0 bridgehead atoms. The summed E-state index contributed by atoms with van der Waals surface area (Å²) in [5, 5.41) is -0.166. The molecule has 2 fully saturated rings. The van der Waals surface area contributed by atoms with Gasteiger partial charge in [-0.25, -0.2) is 22.7 Å². The average Bonchev–Trinajstić information content (AvgIpc) is 2.57. The van der Waals surface area contributed by atoms with E-state index < -0.39 is 10.0 Å². The highest BCUT2D eigenvalue weighted by molar-refractivity contribution is 7.89. The van der Waals surface area contributed by atoms with Crippen LogP contribution in [0, 0.1) is 0 Å². The number of nitrogens with zero attached hydrogens (tertiary/aromatic N) is 3. The van der Waals surface area contributed by atoms with E-state index >= 15 is 0 Å². The van der Waals surface area contributed by atoms with Crippen molar-refractivity contribution in [1.29, 1.82) is 0 Å². The van der Waals surface area contributed by atoms with Crippen molar-refractivity contribution in [1.82, 2.24) is 14.3 Å². The summed E-state index contributed by atoms with van der Waals surface area (Å²) in [4.78, 5) is 7.90. The molecule has 1 aromatic heterocycles. The van der Waals surface area contributed by atoms with Gasteiger partial charge >= 0.3 is 0 Å². The monoisotopic (exact) mass is 325 g/mol. The Morgan fingerprint density at radius 2 is 1.82 bits per heavy atom. The highest BCUT2D eigenvalue weighted by atomic mass is 32.2. The van der Waals surface area contributed by atoms with Crippen LogP contribution in [0.4, 0.5) is 0 Å². The van der Waals surface area contributed by atoms with Gasteiger partial charge in [-0.2, -0.15) is 0 Å². The number of aromatic nitrogens is 2. The van der Waals surface area contributed by atoms with Crippen molar-refractivity contribution in [3.05, 3.63) is 18.6 Å². The number of piperidine rings is 1. The summed E-state index contributed by atoms with van der Waals surface area (Å²) in [6, 6.07) is 1.73. The highest BCUT2D eigenvalue weighted by Gasteiger charge is 2.35. The van der Waals surface area contributed by atoms with E-state index in [2.05, 4.69) is 9.97 Å². The Hall–Kier alpha value is -1.21. The molecule has 3 rings (SSSR count). The number of sulfonamides is 1. The molecule has 0 atom stereocenters. The maximum absolute atomic E-state index is 12.7. The predicted octanol–water partition coefficient (Wildman–Crippen LogP) is 1.98. The predicted molar refractivity (Wildman–Crippen MR) is 83.0 cm³/mol. The van der Waals surface area contributed by atoms with Gasteiger partial charge in [0, 0.05) is 25.4 Å². The zero-order valence-corrected chi connectivity index (χ0v) is 13.5. The fraction of sp³-hybridized carbons (Fsp3) is 0.733. The van der Waals surface area contributed by atoms with Gasteiger partial charge in [-0.05, 0) is 25.7 Å². The lowest BCUT2D eigenvalue weighted by Gasteiger charge is -2.34. The van der Waals surface area contributed by atoms with Gasteiger partial charge in [0.25, 0.3) is 0 Å². The third-order valence-electron chi connectivity index (χ3n) is 4.58. The fourth-order valence-corrected chi connectivity index (χ4v) is 5.37. The topological polar surface area (TPSA) is 72.4 Å². The largest absolute Gasteiger partial charge is 0.474 e. The van der Waals surface area contributed by atoms with Crippen LogP contribution in [0.15, 0.2) is 18.6 Å². The molecule has 1 aromatic rings. The first-order valence-electron chi connectivity index (χ1n) is 8.08. The summed E-state index contributed by atoms with van der Waals surface area (Å²) >= 11 is 0. The van der Waals surface area contributed by atoms with Gasteiger partial charge in [-0.15, -0.1) is 0 Å². The van der Waals surface area contributed by atoms with Crippen molar-refractivity contribution in [3.63, 3.8) is 0 Å². The number of hydrogen-bond acceptors (Lipinski definition) is 5. The molecule has 1 aliphatic heterocycles. The fourth-order valence-electron chi connectivity index (χ4n) is 3.30. The van der Waals surface area contributed by atoms with Gasteiger partial charge in [0.1, 0.15) is 12.4 Å². The Labute approximate surface area is 132 Å². The van der Waals surface area contributed by atoms with Gasteiger partial charge in [-0.3, -0.25) is 0 Å². The SMILES string of the molecule is O=S(=O)(C1CCCCC1)N1CCC(Oc2ccncn2)CC1. The molecule has 2 heterocycles. The quantitative estimate of drug-likeness (QED) is 0.846. The first kappa shape index (κ1) is 15.7. The lowest BCUT2D eigenvalue weighted by atomic mass is 10.0. The van der Waals surface area contributed by atoms with Crippen LogP contribution in [0.1, 0.15) is 44.9 Å². The van der Waals surface area contributed by atoms with Gasteiger partial charge < -0.3 is 4.74 Å². The molecule has 122 valence electrons. The molecule has 22 heavy (non-hydrogen) atoms. The van der Waals surface area contributed by atoms with E-state index in [9.17, 15) is 8.42 Å². The first-order valence-corrected chi connectivity index (χ1v) is 9.58. The molecule has 1 saturated heterocycles. The van der Waals surface area contributed by atoms with Crippen LogP contribution in [0.2, 0.25) is 0 Å². The van der Waals surface area contributed by atoms with Crippen molar-refractivity contribution >= 4 is 10.0 Å². The molecule has 0 unspecified atom stereocenters. The van der Waals surface area contributed by atoms with Crippen molar-refractivity contribution in [2.75, 3.05) is 13.1 Å². The van der Waals surface area contributed by atoms with Crippen molar-refractivity contribution in [2.45, 2.75) is 56.3 Å². The van der Waals surface area contributed by atoms with E-state index in [0.29, 0.717) is 19.0 Å². The molecule has 2 aliphatic rings. The molecule has 0 spiro atoms. The second-order valence-corrected chi connectivity index (χ2v) is 8.28. The smallest absolute Gasteiger partial charge is 0.216 e. The van der Waals surface area contributed by atoms with Gasteiger partial charge in [0.2, 0.25) is 15.9 Å². The molecular formula is C15H23N3O3S. The molecule has 0 aromatic carbocycles. The van der Waals surface area contributed by atoms with Crippen LogP contribution >= 0.6 is 0 Å². The summed E-state index contributed by atoms with van der Waals surface area (Å²) in [5.74, 6) is 0.559. The van der Waals surface area contributed by atoms with E-state index in [1.54, 1.807) is 16.6 Å². The van der Waals surface area contributed by atoms with Crippen LogP contribution in [-0.2, 0) is 10.0 Å². The number of hydrogen-bond donors (Lipinski definition) is 0. The van der Waals surface area contributed by atoms with Crippen LogP contribution in [0.3, 0.4) is 0 Å². The van der Waals surface area contributed by atoms with Crippen LogP contribution in [0.5, 0.6) is 5.88 Å². The van der Waals surface area contributed by atoms with E-state index in [0.717, 1.165) is 38.5 Å². The van der Waals surface area contributed by atoms with Gasteiger partial charge in [0.15, 0.2) is 0 Å². The second-order valence-electron chi connectivity index (χ2n) is 6.07. The minimum atomic E-state index is -3.13. The Morgan fingerprint density at radius 3 is 2.45 bits per heavy atom. The molecule has 1 aliphatic carbocycles. The van der Waals surface area contributed by atoms with E-state index in [1.165, 1.54) is 12.7 Å². The summed E-state index contributed by atoms with van der Waals surface area (Å²) < 4.78 is 32.8. The zero-order chi connectivity index (χ0) is 15.4. The molecular weight excluding hydrogens is 302 g/mol. The maximum Gasteiger partial charge on any atom is 0.216 e. The first-order chi connectivity index (χ1) is 10.7. The van der Waals surface area contributed by atoms with E-state index in [-0.39, 0.29) is 11.4 Å². The Morgan fingerprint density at radius 1 is 1.09 bits per heavy atom. The van der Waals surface area contributed by atoms with E-state index in [1.807, 2.05) is 0 Å². The Bertz CT molecular complexity index is 565. The van der Waals surface area contributed by atoms with Crippen LogP contribution in [-0.4, -0.2) is 47.1 Å². The van der Waals surface area contributed by atoms with Gasteiger partial charge in [-0.1, -0.05) is 19.3 Å². The van der Waals surface area contributed by atoms with E-state index in [4.69, 9.17) is 4.74 Å². The van der Waals surface area contributed by atoms with Crippen LogP contribution < -0.4 is 4.74 Å². The van der Waals surface area contributed by atoms with Crippen LogP contribution in [0.25, 0.3) is 0 Å². The van der Waals surface area contributed by atoms with Crippen molar-refractivity contribution in [3.8, 4) is 5.88 Å². The highest BCUT2D eigenvalue weighted by Crippen LogP contribution is 2.28. The number of rotatable bonds is 4. The molecule has 1 saturated carbocycles. The second kappa shape index (κ2) is 6.91. The standard InChI is InChI=1S/C15H23N3O3S/c19-22(20,14-4-2-1-3-5-14)18-10-7-13(8-11-18)21-15-6-9-16-12-17-15/h6,9,12-14H,1-5,7-8,10-11H2. The lowest BCUT2D eigenvalue weighted by molar-refractivity contribution is 0.129. The van der Waals surface area contributed by atoms with Crippen molar-refractivity contribution < 1.29 is 13.2 Å². The lowest BCUT2D eigenvalue weighted by Crippen LogP contribution is -2.46. The number of ether oxygens (including phenoxy) is 1. The average molecular weight is 325 g/mol. The minimum absolute atomic E-state index is 0.0349. The Kier molecular flexibility index (Phi) is 4.93. The molecule has 0 amide bonds. The summed E-state index contributed by atoms with van der Waals surface area (Å²) in [7, 11) is -3.13.